The molecule has 2 rings (SSSR count). The van der Waals surface area contributed by atoms with Gasteiger partial charge in [-0.05, 0) is 12.1 Å². The third-order valence-corrected chi connectivity index (χ3v) is 2.58. The van der Waals surface area contributed by atoms with Gasteiger partial charge >= 0.3 is 0 Å². The number of hydrogen-bond donors (Lipinski definition) is 1. The molecule has 2 aromatic rings. The Bertz CT molecular complexity index is 468. The van der Waals surface area contributed by atoms with Crippen LogP contribution in [0.5, 0.6) is 0 Å². The molecule has 0 radical (unpaired) electrons. The lowest BCUT2D eigenvalue weighted by atomic mass is 10.2. The second-order valence-electron chi connectivity index (χ2n) is 2.70. The maximum atomic E-state index is 13.2. The highest BCUT2D eigenvalue weighted by Gasteiger charge is 2.09. The number of benzene rings is 1. The highest BCUT2D eigenvalue weighted by molar-refractivity contribution is 7.13. The third-order valence-electron chi connectivity index (χ3n) is 1.68. The van der Waals surface area contributed by atoms with Crippen molar-refractivity contribution in [1.29, 1.82) is 0 Å². The van der Waals surface area contributed by atoms with Crippen LogP contribution in [0.1, 0.15) is 0 Å². The Hall–Kier alpha value is -1.49. The molecule has 0 saturated carbocycles. The molecule has 0 atom stereocenters. The summed E-state index contributed by atoms with van der Waals surface area (Å²) in [4.78, 5) is 3.91. The van der Waals surface area contributed by atoms with Crippen molar-refractivity contribution in [3.63, 3.8) is 0 Å². The van der Waals surface area contributed by atoms with E-state index >= 15 is 0 Å². The van der Waals surface area contributed by atoms with Gasteiger partial charge in [-0.15, -0.1) is 11.3 Å². The standard InChI is InChI=1S/C9H6F2N2S/c10-5-1-2-6(7(11)3-5)9-13-8(12)4-14-9/h1-4H,12H2. The van der Waals surface area contributed by atoms with E-state index in [0.29, 0.717) is 10.8 Å². The molecule has 0 unspecified atom stereocenters. The fourth-order valence-electron chi connectivity index (χ4n) is 1.07. The van der Waals surface area contributed by atoms with Crippen molar-refractivity contribution in [3.8, 4) is 10.6 Å². The summed E-state index contributed by atoms with van der Waals surface area (Å²) < 4.78 is 25.8. The van der Waals surface area contributed by atoms with Crippen molar-refractivity contribution < 1.29 is 8.78 Å². The van der Waals surface area contributed by atoms with Gasteiger partial charge in [-0.2, -0.15) is 0 Å². The van der Waals surface area contributed by atoms with E-state index in [1.54, 1.807) is 5.38 Å². The highest BCUT2D eigenvalue weighted by atomic mass is 32.1. The predicted octanol–water partition coefficient (Wildman–Crippen LogP) is 2.67. The Kier molecular flexibility index (Phi) is 2.17. The molecule has 1 heterocycles. The fraction of sp³-hybridized carbons (Fsp3) is 0. The number of nitrogens with two attached hydrogens (primary N) is 1. The van der Waals surface area contributed by atoms with Gasteiger partial charge in [0, 0.05) is 17.0 Å². The molecular weight excluding hydrogens is 206 g/mol. The van der Waals surface area contributed by atoms with Crippen LogP contribution in [-0.4, -0.2) is 4.98 Å². The minimum Gasteiger partial charge on any atom is -0.383 e. The average molecular weight is 212 g/mol. The largest absolute Gasteiger partial charge is 0.383 e. The first-order valence-corrected chi connectivity index (χ1v) is 4.71. The third kappa shape index (κ3) is 1.58. The van der Waals surface area contributed by atoms with Gasteiger partial charge in [0.1, 0.15) is 22.5 Å². The number of rotatable bonds is 1. The van der Waals surface area contributed by atoms with Gasteiger partial charge < -0.3 is 5.73 Å². The minimum absolute atomic E-state index is 0.271. The quantitative estimate of drug-likeness (QED) is 0.789. The molecule has 2 N–H and O–H groups in total. The molecule has 0 amide bonds. The van der Waals surface area contributed by atoms with Crippen LogP contribution in [0.4, 0.5) is 14.6 Å². The molecule has 2 nitrogen and oxygen atoms in total. The summed E-state index contributed by atoms with van der Waals surface area (Å²) in [6.07, 6.45) is 0. The number of anilines is 1. The zero-order valence-corrected chi connectivity index (χ0v) is 7.81. The Morgan fingerprint density at radius 3 is 2.64 bits per heavy atom. The van der Waals surface area contributed by atoms with Crippen LogP contribution >= 0.6 is 11.3 Å². The van der Waals surface area contributed by atoms with E-state index < -0.39 is 11.6 Å². The Labute approximate surface area is 83.0 Å². The molecule has 0 aliphatic heterocycles. The minimum atomic E-state index is -0.626. The molecule has 1 aromatic heterocycles. The summed E-state index contributed by atoms with van der Waals surface area (Å²) >= 11 is 1.22. The Balaban J connectivity index is 2.52. The summed E-state index contributed by atoms with van der Waals surface area (Å²) in [5.74, 6) is -0.885. The number of nitrogen functional groups attached to an aromatic ring is 1. The summed E-state index contributed by atoms with van der Waals surface area (Å²) in [6.45, 7) is 0. The molecule has 0 aliphatic carbocycles. The molecule has 0 spiro atoms. The number of thiazole rings is 1. The van der Waals surface area contributed by atoms with Crippen LogP contribution in [0, 0.1) is 11.6 Å². The van der Waals surface area contributed by atoms with Gasteiger partial charge in [0.05, 0.1) is 0 Å². The second-order valence-corrected chi connectivity index (χ2v) is 3.56. The van der Waals surface area contributed by atoms with E-state index in [1.165, 1.54) is 23.5 Å². The fourth-order valence-corrected chi connectivity index (χ4v) is 1.81. The van der Waals surface area contributed by atoms with E-state index in [9.17, 15) is 8.78 Å². The van der Waals surface area contributed by atoms with Crippen LogP contribution in [-0.2, 0) is 0 Å². The van der Waals surface area contributed by atoms with Crippen LogP contribution in [0.25, 0.3) is 10.6 Å². The molecule has 0 aliphatic rings. The van der Waals surface area contributed by atoms with Crippen molar-refractivity contribution >= 4 is 17.2 Å². The van der Waals surface area contributed by atoms with Crippen LogP contribution < -0.4 is 5.73 Å². The number of nitrogens with zero attached hydrogens (tertiary/aromatic N) is 1. The molecule has 72 valence electrons. The monoisotopic (exact) mass is 212 g/mol. The zero-order valence-electron chi connectivity index (χ0n) is 7.00. The van der Waals surface area contributed by atoms with Gasteiger partial charge in [0.2, 0.25) is 0 Å². The maximum Gasteiger partial charge on any atom is 0.136 e. The molecule has 0 bridgehead atoms. The predicted molar refractivity (Wildman–Crippen MR) is 51.9 cm³/mol. The molecule has 14 heavy (non-hydrogen) atoms. The van der Waals surface area contributed by atoms with Crippen LogP contribution in [0.3, 0.4) is 0 Å². The molecular formula is C9H6F2N2S. The number of aromatic nitrogens is 1. The number of halogens is 2. The SMILES string of the molecule is Nc1csc(-c2ccc(F)cc2F)n1. The van der Waals surface area contributed by atoms with Gasteiger partial charge in [0.15, 0.2) is 0 Å². The Morgan fingerprint density at radius 2 is 2.07 bits per heavy atom. The van der Waals surface area contributed by atoms with E-state index in [-0.39, 0.29) is 5.56 Å². The summed E-state index contributed by atoms with van der Waals surface area (Å²) in [7, 11) is 0. The molecule has 5 heteroatoms. The first kappa shape index (κ1) is 9.08. The molecule has 1 aromatic carbocycles. The molecule has 0 saturated heterocycles. The van der Waals surface area contributed by atoms with Crippen molar-refractivity contribution in [2.24, 2.45) is 0 Å². The van der Waals surface area contributed by atoms with E-state index in [1.807, 2.05) is 0 Å². The van der Waals surface area contributed by atoms with Crippen molar-refractivity contribution in [2.45, 2.75) is 0 Å². The van der Waals surface area contributed by atoms with Crippen LogP contribution in [0.2, 0.25) is 0 Å². The van der Waals surface area contributed by atoms with Crippen molar-refractivity contribution in [2.75, 3.05) is 5.73 Å². The van der Waals surface area contributed by atoms with Gasteiger partial charge in [0.25, 0.3) is 0 Å². The zero-order chi connectivity index (χ0) is 10.1. The second kappa shape index (κ2) is 3.34. The topological polar surface area (TPSA) is 38.9 Å². The highest BCUT2D eigenvalue weighted by Crippen LogP contribution is 2.27. The number of hydrogen-bond acceptors (Lipinski definition) is 3. The lowest BCUT2D eigenvalue weighted by Gasteiger charge is -1.97. The Morgan fingerprint density at radius 1 is 1.29 bits per heavy atom. The maximum absolute atomic E-state index is 13.2. The van der Waals surface area contributed by atoms with Crippen molar-refractivity contribution in [1.82, 2.24) is 4.98 Å². The summed E-state index contributed by atoms with van der Waals surface area (Å²) in [5, 5.41) is 2.07. The average Bonchev–Trinajstić information content (AvgIpc) is 2.51. The normalized spacial score (nSPS) is 10.4. The van der Waals surface area contributed by atoms with E-state index in [0.717, 1.165) is 6.07 Å². The summed E-state index contributed by atoms with van der Waals surface area (Å²) in [5.41, 5.74) is 5.67. The summed E-state index contributed by atoms with van der Waals surface area (Å²) in [6, 6.07) is 3.37. The lowest BCUT2D eigenvalue weighted by Crippen LogP contribution is -1.87. The first-order valence-electron chi connectivity index (χ1n) is 3.83. The van der Waals surface area contributed by atoms with Crippen LogP contribution in [0.15, 0.2) is 23.6 Å². The smallest absolute Gasteiger partial charge is 0.136 e. The van der Waals surface area contributed by atoms with Gasteiger partial charge in [-0.25, -0.2) is 13.8 Å². The first-order chi connectivity index (χ1) is 6.66. The van der Waals surface area contributed by atoms with Crippen molar-refractivity contribution in [3.05, 3.63) is 35.2 Å². The molecule has 0 fully saturated rings. The van der Waals surface area contributed by atoms with Gasteiger partial charge in [-0.1, -0.05) is 0 Å². The lowest BCUT2D eigenvalue weighted by molar-refractivity contribution is 0.585. The van der Waals surface area contributed by atoms with E-state index in [4.69, 9.17) is 5.73 Å². The van der Waals surface area contributed by atoms with E-state index in [2.05, 4.69) is 4.98 Å². The van der Waals surface area contributed by atoms with Gasteiger partial charge in [-0.3, -0.25) is 0 Å².